The number of benzene rings is 4. The van der Waals surface area contributed by atoms with Gasteiger partial charge in [-0.1, -0.05) is 78.9 Å². The van der Waals surface area contributed by atoms with Crippen LogP contribution in [-0.2, 0) is 6.42 Å². The SMILES string of the molecule is O=C(NC(=NCCc1cnc[nH]1)Nc1ccc(-c2ccccc2)cc1)c1cccc2ccccc12. The van der Waals surface area contributed by atoms with E-state index in [1.165, 1.54) is 0 Å². The van der Waals surface area contributed by atoms with Crippen LogP contribution >= 0.6 is 0 Å². The van der Waals surface area contributed by atoms with Gasteiger partial charge in [0.2, 0.25) is 5.96 Å². The number of nitrogens with one attached hydrogen (secondary N) is 3. The predicted molar refractivity (Wildman–Crippen MR) is 142 cm³/mol. The van der Waals surface area contributed by atoms with E-state index in [0.717, 1.165) is 33.3 Å². The lowest BCUT2D eigenvalue weighted by atomic mass is 10.0. The van der Waals surface area contributed by atoms with E-state index in [2.05, 4.69) is 37.7 Å². The molecular formula is C29H25N5O. The van der Waals surface area contributed by atoms with Crippen LogP contribution in [0.5, 0.6) is 0 Å². The largest absolute Gasteiger partial charge is 0.348 e. The van der Waals surface area contributed by atoms with Gasteiger partial charge >= 0.3 is 0 Å². The predicted octanol–water partition coefficient (Wildman–Crippen LogP) is 5.67. The van der Waals surface area contributed by atoms with Crippen LogP contribution in [0.1, 0.15) is 16.1 Å². The highest BCUT2D eigenvalue weighted by Gasteiger charge is 2.13. The molecule has 0 aliphatic heterocycles. The highest BCUT2D eigenvalue weighted by atomic mass is 16.1. The minimum absolute atomic E-state index is 0.213. The maximum atomic E-state index is 13.2. The van der Waals surface area contributed by atoms with Crippen molar-refractivity contribution in [3.8, 4) is 11.1 Å². The lowest BCUT2D eigenvalue weighted by Crippen LogP contribution is -2.36. The van der Waals surface area contributed by atoms with Gasteiger partial charge in [0.25, 0.3) is 5.91 Å². The number of hydrogen-bond donors (Lipinski definition) is 3. The maximum Gasteiger partial charge on any atom is 0.258 e. The summed E-state index contributed by atoms with van der Waals surface area (Å²) in [4.78, 5) is 25.0. The van der Waals surface area contributed by atoms with Crippen LogP contribution in [0.3, 0.4) is 0 Å². The molecular weight excluding hydrogens is 434 g/mol. The Morgan fingerprint density at radius 3 is 2.37 bits per heavy atom. The van der Waals surface area contributed by atoms with Gasteiger partial charge in [0, 0.05) is 36.1 Å². The van der Waals surface area contributed by atoms with Crippen molar-refractivity contribution in [2.45, 2.75) is 6.42 Å². The molecule has 5 rings (SSSR count). The molecule has 0 fully saturated rings. The number of hydrogen-bond acceptors (Lipinski definition) is 3. The Balaban J connectivity index is 1.36. The minimum atomic E-state index is -0.213. The molecule has 0 atom stereocenters. The summed E-state index contributed by atoms with van der Waals surface area (Å²) in [6.07, 6.45) is 4.11. The number of carbonyl (C=O) groups excluding carboxylic acids is 1. The van der Waals surface area contributed by atoms with Gasteiger partial charge in [0.15, 0.2) is 0 Å². The van der Waals surface area contributed by atoms with E-state index >= 15 is 0 Å². The first-order chi connectivity index (χ1) is 17.3. The third-order valence-electron chi connectivity index (χ3n) is 5.73. The molecule has 0 radical (unpaired) electrons. The number of anilines is 1. The van der Waals surface area contributed by atoms with Crippen LogP contribution in [0.2, 0.25) is 0 Å². The summed E-state index contributed by atoms with van der Waals surface area (Å²) in [6, 6.07) is 31.8. The summed E-state index contributed by atoms with van der Waals surface area (Å²) in [6.45, 7) is 0.489. The van der Waals surface area contributed by atoms with Crippen molar-refractivity contribution in [2.24, 2.45) is 4.99 Å². The van der Waals surface area contributed by atoms with Crippen molar-refractivity contribution in [2.75, 3.05) is 11.9 Å². The van der Waals surface area contributed by atoms with Crippen molar-refractivity contribution in [3.63, 3.8) is 0 Å². The maximum absolute atomic E-state index is 13.2. The van der Waals surface area contributed by atoms with E-state index in [9.17, 15) is 4.79 Å². The van der Waals surface area contributed by atoms with Crippen LogP contribution in [0.25, 0.3) is 21.9 Å². The van der Waals surface area contributed by atoms with E-state index in [0.29, 0.717) is 24.5 Å². The average molecular weight is 460 g/mol. The Morgan fingerprint density at radius 2 is 1.57 bits per heavy atom. The summed E-state index contributed by atoms with van der Waals surface area (Å²) < 4.78 is 0. The molecule has 3 N–H and O–H groups in total. The normalized spacial score (nSPS) is 11.4. The molecule has 0 saturated carbocycles. The lowest BCUT2D eigenvalue weighted by molar-refractivity contribution is 0.0978. The second kappa shape index (κ2) is 10.5. The van der Waals surface area contributed by atoms with Gasteiger partial charge in [0.05, 0.1) is 6.33 Å². The molecule has 0 aliphatic carbocycles. The summed E-state index contributed by atoms with van der Waals surface area (Å²) in [5.41, 5.74) is 4.69. The number of aromatic nitrogens is 2. The molecule has 5 aromatic rings. The van der Waals surface area contributed by atoms with Gasteiger partial charge in [-0.2, -0.15) is 0 Å². The van der Waals surface area contributed by atoms with Gasteiger partial charge < -0.3 is 10.3 Å². The summed E-state index contributed by atoms with van der Waals surface area (Å²) in [5, 5.41) is 8.17. The van der Waals surface area contributed by atoms with E-state index in [1.807, 2.05) is 84.9 Å². The van der Waals surface area contributed by atoms with Gasteiger partial charge in [0.1, 0.15) is 0 Å². The molecule has 0 aliphatic rings. The zero-order valence-corrected chi connectivity index (χ0v) is 19.1. The van der Waals surface area contributed by atoms with Gasteiger partial charge in [-0.3, -0.25) is 15.1 Å². The number of rotatable bonds is 6. The van der Waals surface area contributed by atoms with Crippen LogP contribution in [0.15, 0.2) is 115 Å². The number of guanidine groups is 1. The van der Waals surface area contributed by atoms with Crippen molar-refractivity contribution < 1.29 is 4.79 Å². The van der Waals surface area contributed by atoms with Crippen molar-refractivity contribution in [1.82, 2.24) is 15.3 Å². The molecule has 0 bridgehead atoms. The average Bonchev–Trinajstić information content (AvgIpc) is 3.43. The third kappa shape index (κ3) is 5.45. The zero-order chi connectivity index (χ0) is 23.9. The van der Waals surface area contributed by atoms with Gasteiger partial charge in [-0.15, -0.1) is 0 Å². The Hall–Kier alpha value is -4.71. The number of fused-ring (bicyclic) bond motifs is 1. The molecule has 1 heterocycles. The smallest absolute Gasteiger partial charge is 0.258 e. The van der Waals surface area contributed by atoms with Crippen molar-refractivity contribution >= 4 is 28.3 Å². The molecule has 0 saturated heterocycles. The lowest BCUT2D eigenvalue weighted by Gasteiger charge is -2.13. The van der Waals surface area contributed by atoms with Crippen LogP contribution in [0.4, 0.5) is 5.69 Å². The van der Waals surface area contributed by atoms with Gasteiger partial charge in [-0.25, -0.2) is 4.98 Å². The molecule has 0 unspecified atom stereocenters. The fourth-order valence-electron chi connectivity index (χ4n) is 3.93. The van der Waals surface area contributed by atoms with Gasteiger partial charge in [-0.05, 0) is 40.1 Å². The van der Waals surface area contributed by atoms with Crippen LogP contribution < -0.4 is 10.6 Å². The Labute approximate surface area is 203 Å². The number of aliphatic imine (C=N–C) groups is 1. The highest BCUT2D eigenvalue weighted by molar-refractivity contribution is 6.15. The fourth-order valence-corrected chi connectivity index (χ4v) is 3.93. The van der Waals surface area contributed by atoms with Crippen molar-refractivity contribution in [3.05, 3.63) is 121 Å². The molecule has 35 heavy (non-hydrogen) atoms. The quantitative estimate of drug-likeness (QED) is 0.226. The fraction of sp³-hybridized carbons (Fsp3) is 0.0690. The second-order valence-corrected chi connectivity index (χ2v) is 8.11. The number of aromatic amines is 1. The third-order valence-corrected chi connectivity index (χ3v) is 5.73. The monoisotopic (exact) mass is 459 g/mol. The summed E-state index contributed by atoms with van der Waals surface area (Å²) in [5.74, 6) is 0.186. The standard InChI is InChI=1S/C29H25N5O/c35-28(27-12-6-10-23-9-4-5-11-26(23)27)34-29(31-18-17-25-19-30-20-32-25)33-24-15-13-22(14-16-24)21-7-2-1-3-8-21/h1-16,19-20H,17-18H2,(H,30,32)(H2,31,33,34,35). The van der Waals surface area contributed by atoms with E-state index in [4.69, 9.17) is 0 Å². The van der Waals surface area contributed by atoms with E-state index in [1.54, 1.807) is 12.5 Å². The molecule has 6 nitrogen and oxygen atoms in total. The Morgan fingerprint density at radius 1 is 0.829 bits per heavy atom. The molecule has 0 spiro atoms. The number of nitrogens with zero attached hydrogens (tertiary/aromatic N) is 2. The molecule has 6 heteroatoms. The first-order valence-corrected chi connectivity index (χ1v) is 11.5. The van der Waals surface area contributed by atoms with E-state index in [-0.39, 0.29) is 5.91 Å². The minimum Gasteiger partial charge on any atom is -0.348 e. The number of imidazole rings is 1. The number of carbonyl (C=O) groups is 1. The number of amides is 1. The summed E-state index contributed by atoms with van der Waals surface area (Å²) >= 11 is 0. The van der Waals surface area contributed by atoms with Crippen molar-refractivity contribution in [1.29, 1.82) is 0 Å². The summed E-state index contributed by atoms with van der Waals surface area (Å²) in [7, 11) is 0. The zero-order valence-electron chi connectivity index (χ0n) is 19.1. The molecule has 4 aromatic carbocycles. The first kappa shape index (κ1) is 22.1. The Kier molecular flexibility index (Phi) is 6.62. The molecule has 1 amide bonds. The topological polar surface area (TPSA) is 82.2 Å². The first-order valence-electron chi connectivity index (χ1n) is 11.5. The molecule has 172 valence electrons. The van der Waals surface area contributed by atoms with E-state index < -0.39 is 0 Å². The number of H-pyrrole nitrogens is 1. The highest BCUT2D eigenvalue weighted by Crippen LogP contribution is 2.21. The van der Waals surface area contributed by atoms with Crippen LogP contribution in [-0.4, -0.2) is 28.4 Å². The van der Waals surface area contributed by atoms with Crippen LogP contribution in [0, 0.1) is 0 Å². The second-order valence-electron chi connectivity index (χ2n) is 8.11. The molecule has 1 aromatic heterocycles. The Bertz CT molecular complexity index is 1440.